The Kier molecular flexibility index (Phi) is 3.36. The topological polar surface area (TPSA) is 73.5 Å². The average Bonchev–Trinajstić information content (AvgIpc) is 2.80. The second-order valence-electron chi connectivity index (χ2n) is 3.23. The normalized spacial score (nSPS) is 18.3. The predicted octanol–water partition coefficient (Wildman–Crippen LogP) is 1.26. The quantitative estimate of drug-likeness (QED) is 0.756. The standard InChI is InChI=1S/C10H9N3O2S2/c11-8-12-10-13(6-7-16-10)17(14,15)9-4-2-1-3-5-9/h1-5H,6-7H2. The van der Waals surface area contributed by atoms with Crippen molar-refractivity contribution in [1.82, 2.24) is 4.31 Å². The van der Waals surface area contributed by atoms with Gasteiger partial charge in [0.1, 0.15) is 0 Å². The van der Waals surface area contributed by atoms with Crippen LogP contribution in [0.1, 0.15) is 0 Å². The number of hydrogen-bond acceptors (Lipinski definition) is 5. The molecule has 0 bridgehead atoms. The van der Waals surface area contributed by atoms with Crippen LogP contribution >= 0.6 is 11.8 Å². The molecule has 88 valence electrons. The van der Waals surface area contributed by atoms with Crippen molar-refractivity contribution in [3.8, 4) is 6.19 Å². The lowest BCUT2D eigenvalue weighted by Crippen LogP contribution is -2.31. The van der Waals surface area contributed by atoms with E-state index in [1.807, 2.05) is 0 Å². The van der Waals surface area contributed by atoms with Gasteiger partial charge in [-0.15, -0.1) is 4.99 Å². The average molecular weight is 267 g/mol. The lowest BCUT2D eigenvalue weighted by molar-refractivity contribution is 0.540. The van der Waals surface area contributed by atoms with Crippen molar-refractivity contribution in [2.45, 2.75) is 4.90 Å². The first-order valence-corrected chi connectivity index (χ1v) is 7.26. The lowest BCUT2D eigenvalue weighted by atomic mass is 10.4. The van der Waals surface area contributed by atoms with Gasteiger partial charge in [-0.05, 0) is 12.1 Å². The number of nitrogens with zero attached hydrogens (tertiary/aromatic N) is 3. The van der Waals surface area contributed by atoms with Gasteiger partial charge < -0.3 is 0 Å². The Morgan fingerprint density at radius 3 is 2.71 bits per heavy atom. The molecule has 1 fully saturated rings. The Balaban J connectivity index is 2.41. The van der Waals surface area contributed by atoms with Gasteiger partial charge in [-0.1, -0.05) is 30.0 Å². The second kappa shape index (κ2) is 4.77. The summed E-state index contributed by atoms with van der Waals surface area (Å²) < 4.78 is 25.7. The molecule has 0 amide bonds. The molecule has 0 saturated carbocycles. The zero-order chi connectivity index (χ0) is 12.3. The highest BCUT2D eigenvalue weighted by Gasteiger charge is 2.31. The van der Waals surface area contributed by atoms with Crippen LogP contribution in [-0.4, -0.2) is 30.2 Å². The van der Waals surface area contributed by atoms with E-state index in [2.05, 4.69) is 4.99 Å². The SMILES string of the molecule is N#CN=C1SCCN1S(=O)(=O)c1ccccc1. The van der Waals surface area contributed by atoms with Gasteiger partial charge in [0.05, 0.1) is 4.90 Å². The number of sulfonamides is 1. The maximum absolute atomic E-state index is 12.2. The summed E-state index contributed by atoms with van der Waals surface area (Å²) in [6.45, 7) is 0.350. The van der Waals surface area contributed by atoms with Crippen LogP contribution in [0.25, 0.3) is 0 Å². The molecule has 1 aromatic carbocycles. The molecule has 0 spiro atoms. The van der Waals surface area contributed by atoms with Gasteiger partial charge in [0, 0.05) is 12.3 Å². The molecular weight excluding hydrogens is 258 g/mol. The molecule has 0 aliphatic carbocycles. The smallest absolute Gasteiger partial charge is 0.243 e. The third kappa shape index (κ3) is 2.28. The van der Waals surface area contributed by atoms with Gasteiger partial charge in [-0.3, -0.25) is 0 Å². The monoisotopic (exact) mass is 267 g/mol. The first kappa shape index (κ1) is 12.0. The van der Waals surface area contributed by atoms with E-state index < -0.39 is 10.0 Å². The fourth-order valence-corrected chi connectivity index (χ4v) is 4.16. The Hall–Kier alpha value is -1.52. The van der Waals surface area contributed by atoms with Crippen LogP contribution in [0.4, 0.5) is 0 Å². The molecule has 0 N–H and O–H groups in total. The summed E-state index contributed by atoms with van der Waals surface area (Å²) in [5, 5.41) is 8.76. The van der Waals surface area contributed by atoms with Gasteiger partial charge in [0.25, 0.3) is 10.0 Å². The number of aliphatic imine (C=N–C) groups is 1. The van der Waals surface area contributed by atoms with Crippen molar-refractivity contribution < 1.29 is 8.42 Å². The molecule has 0 atom stereocenters. The fourth-order valence-electron chi connectivity index (χ4n) is 1.46. The molecule has 0 aromatic heterocycles. The maximum Gasteiger partial charge on any atom is 0.265 e. The second-order valence-corrected chi connectivity index (χ2v) is 6.16. The molecule has 0 radical (unpaired) electrons. The lowest BCUT2D eigenvalue weighted by Gasteiger charge is -2.16. The number of nitriles is 1. The minimum atomic E-state index is -3.58. The Morgan fingerprint density at radius 2 is 2.06 bits per heavy atom. The van der Waals surface area contributed by atoms with Gasteiger partial charge >= 0.3 is 0 Å². The van der Waals surface area contributed by atoms with Crippen LogP contribution in [0, 0.1) is 11.5 Å². The molecular formula is C10H9N3O2S2. The molecule has 17 heavy (non-hydrogen) atoms. The first-order chi connectivity index (χ1) is 8.16. The molecule has 1 aromatic rings. The van der Waals surface area contributed by atoms with Gasteiger partial charge in [-0.2, -0.15) is 5.26 Å². The largest absolute Gasteiger partial charge is 0.265 e. The van der Waals surface area contributed by atoms with E-state index in [0.29, 0.717) is 12.3 Å². The summed E-state index contributed by atoms with van der Waals surface area (Å²) in [5.74, 6) is 0.618. The van der Waals surface area contributed by atoms with Crippen LogP contribution < -0.4 is 0 Å². The molecule has 7 heteroatoms. The molecule has 1 aliphatic heterocycles. The van der Waals surface area contributed by atoms with Crippen LogP contribution in [0.15, 0.2) is 40.2 Å². The molecule has 2 rings (SSSR count). The molecule has 0 unspecified atom stereocenters. The minimum Gasteiger partial charge on any atom is -0.243 e. The summed E-state index contributed by atoms with van der Waals surface area (Å²) in [6.07, 6.45) is 1.62. The molecule has 5 nitrogen and oxygen atoms in total. The number of benzene rings is 1. The van der Waals surface area contributed by atoms with Crippen molar-refractivity contribution in [1.29, 1.82) is 5.26 Å². The van der Waals surface area contributed by atoms with Gasteiger partial charge in [-0.25, -0.2) is 12.7 Å². The number of thioether (sulfide) groups is 1. The van der Waals surface area contributed by atoms with E-state index in [4.69, 9.17) is 5.26 Å². The van der Waals surface area contributed by atoms with E-state index in [1.165, 1.54) is 28.2 Å². The summed E-state index contributed by atoms with van der Waals surface area (Å²) in [5.41, 5.74) is 0. The third-order valence-electron chi connectivity index (χ3n) is 2.22. The Labute approximate surface area is 104 Å². The van der Waals surface area contributed by atoms with Crippen molar-refractivity contribution in [2.75, 3.05) is 12.3 Å². The van der Waals surface area contributed by atoms with E-state index in [0.717, 1.165) is 0 Å². The van der Waals surface area contributed by atoms with E-state index in [-0.39, 0.29) is 10.1 Å². The maximum atomic E-state index is 12.2. The van der Waals surface area contributed by atoms with E-state index in [1.54, 1.807) is 24.4 Å². The zero-order valence-electron chi connectivity index (χ0n) is 8.78. The van der Waals surface area contributed by atoms with E-state index in [9.17, 15) is 8.42 Å². The summed E-state index contributed by atoms with van der Waals surface area (Å²) >= 11 is 1.27. The summed E-state index contributed by atoms with van der Waals surface area (Å²) in [7, 11) is -3.58. The number of amidine groups is 1. The van der Waals surface area contributed by atoms with E-state index >= 15 is 0 Å². The van der Waals surface area contributed by atoms with Crippen molar-refractivity contribution in [3.63, 3.8) is 0 Å². The van der Waals surface area contributed by atoms with Crippen LogP contribution in [0.3, 0.4) is 0 Å². The fraction of sp³-hybridized carbons (Fsp3) is 0.200. The zero-order valence-corrected chi connectivity index (χ0v) is 10.4. The van der Waals surface area contributed by atoms with Crippen LogP contribution in [0.5, 0.6) is 0 Å². The summed E-state index contributed by atoms with van der Waals surface area (Å²) in [6, 6.07) is 8.14. The molecule has 1 saturated heterocycles. The highest BCUT2D eigenvalue weighted by Crippen LogP contribution is 2.25. The highest BCUT2D eigenvalue weighted by atomic mass is 32.2. The van der Waals surface area contributed by atoms with Crippen molar-refractivity contribution in [2.24, 2.45) is 4.99 Å². The Bertz CT molecular complexity index is 575. The summed E-state index contributed by atoms with van der Waals surface area (Å²) in [4.78, 5) is 3.74. The highest BCUT2D eigenvalue weighted by molar-refractivity contribution is 8.15. The van der Waals surface area contributed by atoms with Gasteiger partial charge in [0.2, 0.25) is 6.19 Å². The van der Waals surface area contributed by atoms with Crippen LogP contribution in [-0.2, 0) is 10.0 Å². The predicted molar refractivity (Wildman–Crippen MR) is 65.8 cm³/mol. The number of hydrogen-bond donors (Lipinski definition) is 0. The molecule has 1 aliphatic rings. The van der Waals surface area contributed by atoms with Crippen molar-refractivity contribution in [3.05, 3.63) is 30.3 Å². The van der Waals surface area contributed by atoms with Gasteiger partial charge in [0.15, 0.2) is 5.17 Å². The van der Waals surface area contributed by atoms with Crippen molar-refractivity contribution >= 4 is 27.0 Å². The van der Waals surface area contributed by atoms with Crippen LogP contribution in [0.2, 0.25) is 0 Å². The third-order valence-corrected chi connectivity index (χ3v) is 5.09. The Morgan fingerprint density at radius 1 is 1.35 bits per heavy atom. The minimum absolute atomic E-state index is 0.216. The first-order valence-electron chi connectivity index (χ1n) is 4.83. The number of rotatable bonds is 2. The molecule has 1 heterocycles.